The second kappa shape index (κ2) is 8.57. The molecule has 0 aliphatic rings. The van der Waals surface area contributed by atoms with Crippen molar-refractivity contribution in [2.75, 3.05) is 30.9 Å². The van der Waals surface area contributed by atoms with Crippen LogP contribution in [0.2, 0.25) is 0 Å². The Labute approximate surface area is 151 Å². The number of ether oxygens (including phenoxy) is 2. The molecule has 0 aliphatic carbocycles. The van der Waals surface area contributed by atoms with Crippen LogP contribution in [0.15, 0.2) is 65.4 Å². The lowest BCUT2D eigenvalue weighted by Crippen LogP contribution is -2.13. The summed E-state index contributed by atoms with van der Waals surface area (Å²) in [6.45, 7) is 1.12. The van der Waals surface area contributed by atoms with E-state index in [0.717, 1.165) is 17.2 Å². The fourth-order valence-corrected chi connectivity index (χ4v) is 2.19. The van der Waals surface area contributed by atoms with Crippen molar-refractivity contribution in [3.8, 4) is 11.5 Å². The summed E-state index contributed by atoms with van der Waals surface area (Å²) < 4.78 is 15.8. The van der Waals surface area contributed by atoms with Gasteiger partial charge in [0.05, 0.1) is 25.3 Å². The Kier molecular flexibility index (Phi) is 5.72. The van der Waals surface area contributed by atoms with Gasteiger partial charge in [-0.05, 0) is 48.5 Å². The molecular weight excluding hydrogens is 334 g/mol. The molecule has 3 rings (SSSR count). The SMILES string of the molecule is COc1ccc(OCCNc2ccc(NC(=O)c3ccco3)nc2)cc1. The number of nitrogens with zero attached hydrogens (tertiary/aromatic N) is 1. The molecule has 7 heteroatoms. The van der Waals surface area contributed by atoms with Gasteiger partial charge in [0.2, 0.25) is 0 Å². The molecule has 0 atom stereocenters. The maximum Gasteiger partial charge on any atom is 0.292 e. The molecule has 0 saturated carbocycles. The summed E-state index contributed by atoms with van der Waals surface area (Å²) in [4.78, 5) is 16.1. The third-order valence-corrected chi connectivity index (χ3v) is 3.51. The van der Waals surface area contributed by atoms with E-state index in [1.807, 2.05) is 30.3 Å². The van der Waals surface area contributed by atoms with E-state index in [2.05, 4.69) is 15.6 Å². The van der Waals surface area contributed by atoms with E-state index < -0.39 is 0 Å². The van der Waals surface area contributed by atoms with E-state index in [0.29, 0.717) is 19.0 Å². The molecule has 0 fully saturated rings. The largest absolute Gasteiger partial charge is 0.497 e. The molecule has 0 spiro atoms. The normalized spacial score (nSPS) is 10.2. The minimum Gasteiger partial charge on any atom is -0.497 e. The minimum atomic E-state index is -0.337. The number of hydrogen-bond acceptors (Lipinski definition) is 6. The zero-order valence-electron chi connectivity index (χ0n) is 14.3. The van der Waals surface area contributed by atoms with Crippen LogP contribution in [-0.2, 0) is 0 Å². The van der Waals surface area contributed by atoms with Crippen LogP contribution in [0.25, 0.3) is 0 Å². The van der Waals surface area contributed by atoms with Crippen LogP contribution in [0, 0.1) is 0 Å². The van der Waals surface area contributed by atoms with E-state index >= 15 is 0 Å². The van der Waals surface area contributed by atoms with Crippen molar-refractivity contribution in [1.82, 2.24) is 4.98 Å². The standard InChI is InChI=1S/C19H19N3O4/c1-24-15-5-7-16(8-6-15)25-12-10-20-14-4-9-18(21-13-14)22-19(23)17-3-2-11-26-17/h2-9,11,13,20H,10,12H2,1H3,(H,21,22,23). The number of carbonyl (C=O) groups is 1. The Bertz CT molecular complexity index is 815. The van der Waals surface area contributed by atoms with Gasteiger partial charge in [-0.15, -0.1) is 0 Å². The average molecular weight is 353 g/mol. The number of furan rings is 1. The molecule has 0 bridgehead atoms. The topological polar surface area (TPSA) is 85.6 Å². The maximum atomic E-state index is 11.9. The van der Waals surface area contributed by atoms with Crippen LogP contribution >= 0.6 is 0 Å². The van der Waals surface area contributed by atoms with Crippen molar-refractivity contribution in [3.05, 3.63) is 66.8 Å². The van der Waals surface area contributed by atoms with E-state index in [-0.39, 0.29) is 11.7 Å². The number of nitrogens with one attached hydrogen (secondary N) is 2. The number of benzene rings is 1. The quantitative estimate of drug-likeness (QED) is 0.604. The summed E-state index contributed by atoms with van der Waals surface area (Å²) in [6.07, 6.45) is 3.09. The molecule has 1 aromatic carbocycles. The van der Waals surface area contributed by atoms with Crippen molar-refractivity contribution in [3.63, 3.8) is 0 Å². The summed E-state index contributed by atoms with van der Waals surface area (Å²) in [5.74, 6) is 1.93. The van der Waals surface area contributed by atoms with Gasteiger partial charge < -0.3 is 24.5 Å². The van der Waals surface area contributed by atoms with E-state index in [9.17, 15) is 4.79 Å². The van der Waals surface area contributed by atoms with Gasteiger partial charge in [-0.25, -0.2) is 4.98 Å². The first kappa shape index (κ1) is 17.3. The van der Waals surface area contributed by atoms with Crippen molar-refractivity contribution in [2.24, 2.45) is 0 Å². The summed E-state index contributed by atoms with van der Waals surface area (Å²) >= 11 is 0. The Morgan fingerprint density at radius 2 is 1.92 bits per heavy atom. The van der Waals surface area contributed by atoms with Gasteiger partial charge in [-0.1, -0.05) is 0 Å². The van der Waals surface area contributed by atoms with Gasteiger partial charge in [0.25, 0.3) is 5.91 Å². The second-order valence-corrected chi connectivity index (χ2v) is 5.31. The highest BCUT2D eigenvalue weighted by atomic mass is 16.5. The highest BCUT2D eigenvalue weighted by Crippen LogP contribution is 2.17. The highest BCUT2D eigenvalue weighted by molar-refractivity contribution is 6.01. The number of pyridine rings is 1. The molecule has 0 aliphatic heterocycles. The zero-order chi connectivity index (χ0) is 18.2. The molecular formula is C19H19N3O4. The summed E-state index contributed by atoms with van der Waals surface area (Å²) in [5, 5.41) is 5.87. The van der Waals surface area contributed by atoms with Crippen LogP contribution in [-0.4, -0.2) is 31.2 Å². The van der Waals surface area contributed by atoms with Crippen LogP contribution in [0.5, 0.6) is 11.5 Å². The van der Waals surface area contributed by atoms with E-state index in [4.69, 9.17) is 13.9 Å². The molecule has 1 amide bonds. The van der Waals surface area contributed by atoms with Gasteiger partial charge in [-0.2, -0.15) is 0 Å². The summed E-state index contributed by atoms with van der Waals surface area (Å²) in [7, 11) is 1.63. The Morgan fingerprint density at radius 3 is 2.58 bits per heavy atom. The van der Waals surface area contributed by atoms with Gasteiger partial charge in [0, 0.05) is 6.54 Å². The molecule has 2 aromatic heterocycles. The van der Waals surface area contributed by atoms with Gasteiger partial charge in [-0.3, -0.25) is 4.79 Å². The number of rotatable bonds is 8. The first-order valence-electron chi connectivity index (χ1n) is 8.06. The lowest BCUT2D eigenvalue weighted by molar-refractivity contribution is 0.0996. The Balaban J connectivity index is 1.41. The van der Waals surface area contributed by atoms with Gasteiger partial charge in [0.15, 0.2) is 5.76 Å². The number of methoxy groups -OCH3 is 1. The Morgan fingerprint density at radius 1 is 1.12 bits per heavy atom. The Hall–Kier alpha value is -3.48. The first-order valence-corrected chi connectivity index (χ1v) is 8.06. The molecule has 2 heterocycles. The number of carbonyl (C=O) groups excluding carboxylic acids is 1. The predicted octanol–water partition coefficient (Wildman–Crippen LogP) is 3.43. The smallest absolute Gasteiger partial charge is 0.292 e. The predicted molar refractivity (Wildman–Crippen MR) is 97.9 cm³/mol. The molecule has 0 unspecified atom stereocenters. The molecule has 0 saturated heterocycles. The van der Waals surface area contributed by atoms with Crippen molar-refractivity contribution in [2.45, 2.75) is 0 Å². The second-order valence-electron chi connectivity index (χ2n) is 5.31. The minimum absolute atomic E-state index is 0.240. The van der Waals surface area contributed by atoms with Crippen molar-refractivity contribution < 1.29 is 18.7 Å². The maximum absolute atomic E-state index is 11.9. The van der Waals surface area contributed by atoms with E-state index in [1.54, 1.807) is 31.5 Å². The van der Waals surface area contributed by atoms with E-state index in [1.165, 1.54) is 6.26 Å². The fourth-order valence-electron chi connectivity index (χ4n) is 2.19. The van der Waals surface area contributed by atoms with Crippen molar-refractivity contribution >= 4 is 17.4 Å². The number of amides is 1. The molecule has 7 nitrogen and oxygen atoms in total. The summed E-state index contributed by atoms with van der Waals surface area (Å²) in [5.41, 5.74) is 0.833. The van der Waals surface area contributed by atoms with Crippen LogP contribution in [0.3, 0.4) is 0 Å². The van der Waals surface area contributed by atoms with Crippen molar-refractivity contribution in [1.29, 1.82) is 0 Å². The lowest BCUT2D eigenvalue weighted by atomic mass is 10.3. The van der Waals surface area contributed by atoms with Crippen LogP contribution < -0.4 is 20.1 Å². The number of anilines is 2. The highest BCUT2D eigenvalue weighted by Gasteiger charge is 2.09. The molecule has 26 heavy (non-hydrogen) atoms. The first-order chi connectivity index (χ1) is 12.7. The molecule has 3 aromatic rings. The third kappa shape index (κ3) is 4.76. The lowest BCUT2D eigenvalue weighted by Gasteiger charge is -2.09. The van der Waals surface area contributed by atoms with Crippen LogP contribution in [0.1, 0.15) is 10.6 Å². The average Bonchev–Trinajstić information content (AvgIpc) is 3.22. The number of aromatic nitrogens is 1. The fraction of sp³-hybridized carbons (Fsp3) is 0.158. The third-order valence-electron chi connectivity index (χ3n) is 3.51. The molecule has 134 valence electrons. The zero-order valence-corrected chi connectivity index (χ0v) is 14.3. The summed E-state index contributed by atoms with van der Waals surface area (Å²) in [6, 6.07) is 14.2. The molecule has 2 N–H and O–H groups in total. The van der Waals surface area contributed by atoms with Gasteiger partial charge in [0.1, 0.15) is 23.9 Å². The molecule has 0 radical (unpaired) electrons. The number of hydrogen-bond donors (Lipinski definition) is 2. The van der Waals surface area contributed by atoms with Crippen LogP contribution in [0.4, 0.5) is 11.5 Å². The monoisotopic (exact) mass is 353 g/mol. The van der Waals surface area contributed by atoms with Gasteiger partial charge >= 0.3 is 0 Å².